The normalized spacial score (nSPS) is 21.2. The van der Waals surface area contributed by atoms with Crippen LogP contribution in [-0.4, -0.2) is 29.9 Å². The molecule has 2 aliphatic heterocycles. The zero-order valence-corrected chi connectivity index (χ0v) is 12.3. The van der Waals surface area contributed by atoms with Gasteiger partial charge in [-0.1, -0.05) is 36.8 Å². The number of aryl methyl sites for hydroxylation is 1. The number of nitrogens with one attached hydrogen (secondary N) is 2. The molecule has 5 nitrogen and oxygen atoms in total. The highest BCUT2D eigenvalue weighted by atomic mass is 16.2. The highest BCUT2D eigenvalue weighted by Gasteiger charge is 2.39. The average molecular weight is 285 g/mol. The van der Waals surface area contributed by atoms with Crippen LogP contribution in [0.4, 0.5) is 4.79 Å². The third-order valence-corrected chi connectivity index (χ3v) is 3.89. The van der Waals surface area contributed by atoms with Gasteiger partial charge in [-0.15, -0.1) is 0 Å². The highest BCUT2D eigenvalue weighted by molar-refractivity contribution is 6.01. The molecule has 2 N–H and O–H groups in total. The summed E-state index contributed by atoms with van der Waals surface area (Å²) in [5.74, 6) is 0.0193. The molecule has 3 rings (SSSR count). The molecule has 2 heterocycles. The fourth-order valence-corrected chi connectivity index (χ4v) is 2.98. The Hall–Kier alpha value is -2.30. The van der Waals surface area contributed by atoms with Crippen molar-refractivity contribution < 1.29 is 9.59 Å². The van der Waals surface area contributed by atoms with Crippen LogP contribution >= 0.6 is 0 Å². The summed E-state index contributed by atoms with van der Waals surface area (Å²) in [5.41, 5.74) is 3.47. The van der Waals surface area contributed by atoms with Gasteiger partial charge in [0, 0.05) is 6.54 Å². The molecule has 0 bridgehead atoms. The largest absolute Gasteiger partial charge is 0.333 e. The third-order valence-electron chi connectivity index (χ3n) is 3.89. The molecule has 0 saturated carbocycles. The number of rotatable bonds is 3. The van der Waals surface area contributed by atoms with Crippen molar-refractivity contribution in [3.8, 4) is 0 Å². The predicted octanol–water partition coefficient (Wildman–Crippen LogP) is 1.86. The fraction of sp³-hybridized carbons (Fsp3) is 0.375. The summed E-state index contributed by atoms with van der Waals surface area (Å²) in [6.45, 7) is 5.25. The topological polar surface area (TPSA) is 61.4 Å². The van der Waals surface area contributed by atoms with E-state index in [4.69, 9.17) is 0 Å². The van der Waals surface area contributed by atoms with E-state index in [1.807, 2.05) is 38.1 Å². The Bertz CT molecular complexity index is 636. The van der Waals surface area contributed by atoms with Crippen LogP contribution in [-0.2, 0) is 4.79 Å². The Balaban J connectivity index is 1.99. The van der Waals surface area contributed by atoms with E-state index in [1.54, 1.807) is 4.90 Å². The van der Waals surface area contributed by atoms with Crippen molar-refractivity contribution >= 4 is 11.9 Å². The first-order valence-corrected chi connectivity index (χ1v) is 7.26. The molecule has 21 heavy (non-hydrogen) atoms. The van der Waals surface area contributed by atoms with Crippen LogP contribution in [0, 0.1) is 6.92 Å². The van der Waals surface area contributed by atoms with Crippen LogP contribution < -0.4 is 10.6 Å². The molecule has 0 saturated heterocycles. The fourth-order valence-electron chi connectivity index (χ4n) is 2.98. The van der Waals surface area contributed by atoms with Crippen molar-refractivity contribution in [1.29, 1.82) is 0 Å². The van der Waals surface area contributed by atoms with Crippen molar-refractivity contribution in [3.63, 3.8) is 0 Å². The van der Waals surface area contributed by atoms with E-state index in [9.17, 15) is 9.59 Å². The van der Waals surface area contributed by atoms with Crippen LogP contribution in [0.1, 0.15) is 30.5 Å². The molecule has 0 aliphatic carbocycles. The minimum absolute atomic E-state index is 0.0193. The molecule has 110 valence electrons. The number of carbonyl (C=O) groups excluding carboxylic acids is 2. The monoisotopic (exact) mass is 285 g/mol. The van der Waals surface area contributed by atoms with Gasteiger partial charge in [0.15, 0.2) is 0 Å². The highest BCUT2D eigenvalue weighted by Crippen LogP contribution is 2.32. The number of carbonyl (C=O) groups is 2. The molecule has 5 heteroatoms. The summed E-state index contributed by atoms with van der Waals surface area (Å²) in [6, 6.07) is 7.30. The zero-order chi connectivity index (χ0) is 15.0. The van der Waals surface area contributed by atoms with Crippen LogP contribution in [0.25, 0.3) is 0 Å². The Labute approximate surface area is 124 Å². The van der Waals surface area contributed by atoms with Crippen LogP contribution in [0.5, 0.6) is 0 Å². The molecular formula is C16H19N3O2. The first kappa shape index (κ1) is 13.7. The number of hydrogen-bond donors (Lipinski definition) is 2. The van der Waals surface area contributed by atoms with E-state index in [0.717, 1.165) is 23.2 Å². The number of urea groups is 1. The number of hydrogen-bond acceptors (Lipinski definition) is 2. The van der Waals surface area contributed by atoms with Gasteiger partial charge in [-0.25, -0.2) is 4.79 Å². The molecule has 1 aromatic carbocycles. The van der Waals surface area contributed by atoms with E-state index in [1.165, 1.54) is 0 Å². The Morgan fingerprint density at radius 1 is 1.33 bits per heavy atom. The molecular weight excluding hydrogens is 266 g/mol. The van der Waals surface area contributed by atoms with Crippen LogP contribution in [0.15, 0.2) is 35.5 Å². The van der Waals surface area contributed by atoms with E-state index >= 15 is 0 Å². The molecule has 3 amide bonds. The molecule has 0 unspecified atom stereocenters. The molecule has 0 radical (unpaired) electrons. The van der Waals surface area contributed by atoms with Gasteiger partial charge in [0.2, 0.25) is 0 Å². The van der Waals surface area contributed by atoms with Gasteiger partial charge in [-0.3, -0.25) is 4.79 Å². The van der Waals surface area contributed by atoms with Crippen LogP contribution in [0.3, 0.4) is 0 Å². The zero-order valence-electron chi connectivity index (χ0n) is 12.3. The molecule has 1 atom stereocenters. The standard InChI is InChI=1S/C16H19N3O2/c1-3-7-19-9-12-13(15(19)20)14(18-16(21)17-12)11-6-4-5-10(2)8-11/h4-6,8,14H,3,7,9H2,1-2H3,(H2,17,18,21)/t14-/m0/s1. The minimum atomic E-state index is -0.358. The van der Waals surface area contributed by atoms with Gasteiger partial charge in [0.1, 0.15) is 0 Å². The second-order valence-corrected chi connectivity index (χ2v) is 5.56. The number of amides is 3. The summed E-state index contributed by atoms with van der Waals surface area (Å²) >= 11 is 0. The molecule has 2 aliphatic rings. The van der Waals surface area contributed by atoms with Gasteiger partial charge >= 0.3 is 6.03 Å². The predicted molar refractivity (Wildman–Crippen MR) is 79.5 cm³/mol. The van der Waals surface area contributed by atoms with Crippen molar-refractivity contribution in [1.82, 2.24) is 15.5 Å². The minimum Gasteiger partial charge on any atom is -0.333 e. The van der Waals surface area contributed by atoms with Crippen molar-refractivity contribution in [2.24, 2.45) is 0 Å². The van der Waals surface area contributed by atoms with Gasteiger partial charge in [0.25, 0.3) is 5.91 Å². The smallest absolute Gasteiger partial charge is 0.319 e. The maximum absolute atomic E-state index is 12.6. The SMILES string of the molecule is CCCN1CC2=C(C1=O)[C@H](c1cccc(C)c1)NC(=O)N2. The lowest BCUT2D eigenvalue weighted by Crippen LogP contribution is -2.44. The molecule has 0 aromatic heterocycles. The molecule has 0 fully saturated rings. The van der Waals surface area contributed by atoms with Crippen molar-refractivity contribution in [2.75, 3.05) is 13.1 Å². The first-order valence-electron chi connectivity index (χ1n) is 7.26. The quantitative estimate of drug-likeness (QED) is 0.890. The van der Waals surface area contributed by atoms with Crippen molar-refractivity contribution in [3.05, 3.63) is 46.7 Å². The van der Waals surface area contributed by atoms with Gasteiger partial charge < -0.3 is 15.5 Å². The lowest BCUT2D eigenvalue weighted by atomic mass is 9.95. The maximum atomic E-state index is 12.6. The van der Waals surface area contributed by atoms with E-state index in [2.05, 4.69) is 10.6 Å². The van der Waals surface area contributed by atoms with E-state index in [-0.39, 0.29) is 18.0 Å². The summed E-state index contributed by atoms with van der Waals surface area (Å²) in [4.78, 5) is 26.2. The van der Waals surface area contributed by atoms with Gasteiger partial charge in [-0.05, 0) is 18.9 Å². The van der Waals surface area contributed by atoms with Crippen molar-refractivity contribution in [2.45, 2.75) is 26.3 Å². The third kappa shape index (κ3) is 2.39. The Kier molecular flexibility index (Phi) is 3.41. The number of benzene rings is 1. The number of nitrogens with zero attached hydrogens (tertiary/aromatic N) is 1. The summed E-state index contributed by atoms with van der Waals surface area (Å²) < 4.78 is 0. The van der Waals surface area contributed by atoms with Gasteiger partial charge in [-0.2, -0.15) is 0 Å². The van der Waals surface area contributed by atoms with E-state index in [0.29, 0.717) is 18.7 Å². The van der Waals surface area contributed by atoms with E-state index < -0.39 is 0 Å². The lowest BCUT2D eigenvalue weighted by Gasteiger charge is -2.25. The Morgan fingerprint density at radius 2 is 2.14 bits per heavy atom. The summed E-state index contributed by atoms with van der Waals surface area (Å²) in [5, 5.41) is 5.65. The first-order chi connectivity index (χ1) is 10.1. The maximum Gasteiger partial charge on any atom is 0.319 e. The molecule has 1 aromatic rings. The van der Waals surface area contributed by atoms with Crippen LogP contribution in [0.2, 0.25) is 0 Å². The lowest BCUT2D eigenvalue weighted by molar-refractivity contribution is -0.125. The second kappa shape index (κ2) is 5.24. The Morgan fingerprint density at radius 3 is 2.86 bits per heavy atom. The average Bonchev–Trinajstić information content (AvgIpc) is 2.75. The summed E-state index contributed by atoms with van der Waals surface area (Å²) in [6.07, 6.45) is 0.906. The molecule has 0 spiro atoms. The van der Waals surface area contributed by atoms with Gasteiger partial charge in [0.05, 0.1) is 23.9 Å². The summed E-state index contributed by atoms with van der Waals surface area (Å²) in [7, 11) is 0. The second-order valence-electron chi connectivity index (χ2n) is 5.56.